The van der Waals surface area contributed by atoms with Crippen molar-refractivity contribution in [2.24, 2.45) is 0 Å². The molecule has 0 radical (unpaired) electrons. The van der Waals surface area contributed by atoms with Gasteiger partial charge in [0.05, 0.1) is 10.5 Å². The van der Waals surface area contributed by atoms with Crippen molar-refractivity contribution < 1.29 is 17.6 Å². The van der Waals surface area contributed by atoms with E-state index in [1.54, 1.807) is 0 Å². The van der Waals surface area contributed by atoms with Crippen molar-refractivity contribution in [2.45, 2.75) is 4.90 Å². The van der Waals surface area contributed by atoms with Crippen molar-refractivity contribution in [3.63, 3.8) is 0 Å². The number of amides is 1. The minimum atomic E-state index is -3.88. The third-order valence-electron chi connectivity index (χ3n) is 2.57. The number of anilines is 1. The Kier molecular flexibility index (Phi) is 4.65. The lowest BCUT2D eigenvalue weighted by atomic mass is 10.2. The second-order valence-electron chi connectivity index (χ2n) is 4.02. The van der Waals surface area contributed by atoms with Crippen LogP contribution in [0.15, 0.2) is 51.8 Å². The summed E-state index contributed by atoms with van der Waals surface area (Å²) in [5.74, 6) is -1.28. The summed E-state index contributed by atoms with van der Waals surface area (Å²) in [6, 6.07) is 9.50. The van der Waals surface area contributed by atoms with Gasteiger partial charge in [-0.2, -0.15) is 0 Å². The molecule has 0 aliphatic carbocycles. The summed E-state index contributed by atoms with van der Waals surface area (Å²) in [6.07, 6.45) is 0. The molecule has 110 valence electrons. The molecule has 2 rings (SSSR count). The number of halogens is 3. The molecule has 4 nitrogen and oxygen atoms in total. The topological polar surface area (TPSA) is 63.2 Å². The van der Waals surface area contributed by atoms with Crippen molar-refractivity contribution in [3.8, 4) is 0 Å². The van der Waals surface area contributed by atoms with E-state index < -0.39 is 20.8 Å². The highest BCUT2D eigenvalue weighted by atomic mass is 79.9. The van der Waals surface area contributed by atoms with E-state index in [1.807, 2.05) is 0 Å². The highest BCUT2D eigenvalue weighted by molar-refractivity contribution is 9.10. The molecule has 21 heavy (non-hydrogen) atoms. The summed E-state index contributed by atoms with van der Waals surface area (Å²) in [6.45, 7) is 0. The molecule has 0 atom stereocenters. The number of hydrogen-bond acceptors (Lipinski definition) is 3. The van der Waals surface area contributed by atoms with E-state index in [1.165, 1.54) is 42.5 Å². The molecule has 0 aromatic heterocycles. The zero-order chi connectivity index (χ0) is 15.6. The Morgan fingerprint density at radius 3 is 2.43 bits per heavy atom. The molecule has 8 heteroatoms. The Morgan fingerprint density at radius 1 is 1.19 bits per heavy atom. The Hall–Kier alpha value is -1.44. The largest absolute Gasteiger partial charge is 0.322 e. The molecular weight excluding hydrogens is 385 g/mol. The molecule has 0 saturated carbocycles. The number of carbonyl (C=O) groups is 1. The Labute approximate surface area is 133 Å². The highest BCUT2D eigenvalue weighted by Crippen LogP contribution is 2.28. The van der Waals surface area contributed by atoms with Crippen molar-refractivity contribution in [3.05, 3.63) is 58.3 Å². The number of nitrogens with one attached hydrogen (secondary N) is 1. The fraction of sp³-hybridized carbons (Fsp3) is 0. The molecule has 0 spiro atoms. The van der Waals surface area contributed by atoms with Gasteiger partial charge in [0, 0.05) is 20.8 Å². The van der Waals surface area contributed by atoms with Crippen LogP contribution in [-0.2, 0) is 9.05 Å². The Morgan fingerprint density at radius 2 is 1.86 bits per heavy atom. The lowest BCUT2D eigenvalue weighted by molar-refractivity contribution is 0.102. The lowest BCUT2D eigenvalue weighted by Gasteiger charge is -2.08. The average Bonchev–Trinajstić information content (AvgIpc) is 2.37. The summed E-state index contributed by atoms with van der Waals surface area (Å²) in [5, 5.41) is 2.47. The van der Waals surface area contributed by atoms with Gasteiger partial charge in [-0.25, -0.2) is 12.8 Å². The first-order valence-electron chi connectivity index (χ1n) is 5.59. The third-order valence-corrected chi connectivity index (χ3v) is 4.87. The van der Waals surface area contributed by atoms with Gasteiger partial charge in [0.25, 0.3) is 15.0 Å². The van der Waals surface area contributed by atoms with Crippen LogP contribution in [0, 0.1) is 5.82 Å². The van der Waals surface area contributed by atoms with Crippen LogP contribution in [-0.4, -0.2) is 14.3 Å². The molecule has 1 N–H and O–H groups in total. The van der Waals surface area contributed by atoms with Crippen LogP contribution < -0.4 is 5.32 Å². The lowest BCUT2D eigenvalue weighted by Crippen LogP contribution is -2.13. The molecule has 0 bridgehead atoms. The molecule has 0 aliphatic rings. The van der Waals surface area contributed by atoms with Gasteiger partial charge in [-0.05, 0) is 46.3 Å². The van der Waals surface area contributed by atoms with Gasteiger partial charge < -0.3 is 5.32 Å². The highest BCUT2D eigenvalue weighted by Gasteiger charge is 2.16. The molecule has 2 aromatic rings. The molecule has 0 heterocycles. The van der Waals surface area contributed by atoms with Gasteiger partial charge in [0.15, 0.2) is 0 Å². The molecule has 2 aromatic carbocycles. The van der Waals surface area contributed by atoms with Gasteiger partial charge in [0.1, 0.15) is 5.82 Å². The molecule has 0 unspecified atom stereocenters. The SMILES string of the molecule is O=C(Nc1ccc(S(=O)(=O)Cl)c(Br)c1)c1ccccc1F. The number of hydrogen-bond donors (Lipinski definition) is 1. The maximum absolute atomic E-state index is 13.5. The standard InChI is InChI=1S/C13H8BrClFNO3S/c14-10-7-8(5-6-12(10)21(15,19)20)17-13(18)9-3-1-2-4-11(9)16/h1-7H,(H,17,18). The van der Waals surface area contributed by atoms with Crippen molar-refractivity contribution >= 4 is 47.3 Å². The van der Waals surface area contributed by atoms with Crippen LogP contribution in [0.4, 0.5) is 10.1 Å². The minimum absolute atomic E-state index is 0.109. The summed E-state index contributed by atoms with van der Waals surface area (Å²) in [5.41, 5.74) is 0.196. The fourth-order valence-electron chi connectivity index (χ4n) is 1.62. The molecule has 0 saturated heterocycles. The van der Waals surface area contributed by atoms with E-state index in [2.05, 4.69) is 21.2 Å². The minimum Gasteiger partial charge on any atom is -0.322 e. The predicted octanol–water partition coefficient (Wildman–Crippen LogP) is 3.77. The first-order valence-corrected chi connectivity index (χ1v) is 8.69. The maximum atomic E-state index is 13.5. The first-order chi connectivity index (χ1) is 9.79. The first kappa shape index (κ1) is 15.9. The summed E-state index contributed by atoms with van der Waals surface area (Å²) < 4.78 is 36.2. The second kappa shape index (κ2) is 6.13. The van der Waals surface area contributed by atoms with E-state index in [4.69, 9.17) is 10.7 Å². The van der Waals surface area contributed by atoms with Crippen molar-refractivity contribution in [1.82, 2.24) is 0 Å². The van der Waals surface area contributed by atoms with Crippen molar-refractivity contribution in [1.29, 1.82) is 0 Å². The number of carbonyl (C=O) groups excluding carboxylic acids is 1. The normalized spacial score (nSPS) is 11.2. The third kappa shape index (κ3) is 3.81. The Balaban J connectivity index is 2.27. The van der Waals surface area contributed by atoms with Gasteiger partial charge in [-0.3, -0.25) is 4.79 Å². The zero-order valence-electron chi connectivity index (χ0n) is 10.3. The van der Waals surface area contributed by atoms with Crippen LogP contribution in [0.3, 0.4) is 0 Å². The zero-order valence-corrected chi connectivity index (χ0v) is 13.5. The van der Waals surface area contributed by atoms with Gasteiger partial charge in [0.2, 0.25) is 0 Å². The quantitative estimate of drug-likeness (QED) is 0.809. The Bertz CT molecular complexity index is 811. The van der Waals surface area contributed by atoms with E-state index in [0.717, 1.165) is 0 Å². The summed E-state index contributed by atoms with van der Waals surface area (Å²) in [4.78, 5) is 11.8. The monoisotopic (exact) mass is 391 g/mol. The van der Waals surface area contributed by atoms with Crippen molar-refractivity contribution in [2.75, 3.05) is 5.32 Å². The van der Waals surface area contributed by atoms with Crippen LogP contribution in [0.25, 0.3) is 0 Å². The number of rotatable bonds is 3. The van der Waals surface area contributed by atoms with Crippen LogP contribution in [0.5, 0.6) is 0 Å². The maximum Gasteiger partial charge on any atom is 0.262 e. The smallest absolute Gasteiger partial charge is 0.262 e. The van der Waals surface area contributed by atoms with Gasteiger partial charge in [-0.15, -0.1) is 0 Å². The van der Waals surface area contributed by atoms with Gasteiger partial charge in [-0.1, -0.05) is 12.1 Å². The summed E-state index contributed by atoms with van der Waals surface area (Å²) >= 11 is 3.05. The average molecular weight is 393 g/mol. The molecule has 0 fully saturated rings. The van der Waals surface area contributed by atoms with Crippen LogP contribution >= 0.6 is 26.6 Å². The van der Waals surface area contributed by atoms with Crippen LogP contribution in [0.1, 0.15) is 10.4 Å². The van der Waals surface area contributed by atoms with E-state index in [0.29, 0.717) is 5.69 Å². The molecule has 1 amide bonds. The van der Waals surface area contributed by atoms with E-state index in [-0.39, 0.29) is 14.9 Å². The second-order valence-corrected chi connectivity index (χ2v) is 7.41. The van der Waals surface area contributed by atoms with Crippen LogP contribution in [0.2, 0.25) is 0 Å². The molecular formula is C13H8BrClFNO3S. The predicted molar refractivity (Wildman–Crippen MR) is 81.5 cm³/mol. The summed E-state index contributed by atoms with van der Waals surface area (Å²) in [7, 11) is 1.36. The fourth-order valence-corrected chi connectivity index (χ4v) is 3.84. The molecule has 0 aliphatic heterocycles. The number of benzene rings is 2. The van der Waals surface area contributed by atoms with Gasteiger partial charge >= 0.3 is 0 Å². The van der Waals surface area contributed by atoms with E-state index in [9.17, 15) is 17.6 Å². The van der Waals surface area contributed by atoms with E-state index >= 15 is 0 Å².